The molecule has 0 saturated carbocycles. The van der Waals surface area contributed by atoms with Gasteiger partial charge in [0.25, 0.3) is 5.82 Å². The van der Waals surface area contributed by atoms with Gasteiger partial charge in [-0.2, -0.15) is 11.3 Å². The summed E-state index contributed by atoms with van der Waals surface area (Å²) < 4.78 is 4.98. The predicted molar refractivity (Wildman–Crippen MR) is 72.2 cm³/mol. The highest BCUT2D eigenvalue weighted by atomic mass is 16.5. The monoisotopic (exact) mass is 258 g/mol. The van der Waals surface area contributed by atoms with Gasteiger partial charge in [-0.1, -0.05) is 12.1 Å². The van der Waals surface area contributed by atoms with E-state index in [1.54, 1.807) is 19.1 Å². The molecular formula is C14H16N3O2+. The summed E-state index contributed by atoms with van der Waals surface area (Å²) in [5.41, 5.74) is 4.96. The zero-order chi connectivity index (χ0) is 13.7. The van der Waals surface area contributed by atoms with Crippen LogP contribution >= 0.6 is 0 Å². The maximum Gasteiger partial charge on any atom is 0.338 e. The Bertz CT molecular complexity index is 567. The first-order valence-electron chi connectivity index (χ1n) is 6.00. The zero-order valence-electron chi connectivity index (χ0n) is 10.6. The smallest absolute Gasteiger partial charge is 0.338 e. The van der Waals surface area contributed by atoms with E-state index in [-0.39, 0.29) is 5.97 Å². The molecule has 98 valence electrons. The first-order chi connectivity index (χ1) is 9.24. The zero-order valence-corrected chi connectivity index (χ0v) is 10.6. The standard InChI is InChI=1S/C14H15N3O2/c1-2-19-14(18)11-5-3-4-10(8-11)12-6-7-13(17-15)16-9-12/h3-9H,2,15H2,1H3,(H,16,17)/p+1. The number of hydrogen-bond acceptors (Lipinski definition) is 4. The minimum absolute atomic E-state index is 0.312. The normalized spacial score (nSPS) is 10.0. The van der Waals surface area contributed by atoms with Crippen molar-refractivity contribution in [1.82, 2.24) is 0 Å². The van der Waals surface area contributed by atoms with Crippen molar-refractivity contribution < 1.29 is 14.5 Å². The summed E-state index contributed by atoms with van der Waals surface area (Å²) in [6.45, 7) is 2.16. The van der Waals surface area contributed by atoms with Gasteiger partial charge in [0, 0.05) is 11.6 Å². The van der Waals surface area contributed by atoms with E-state index in [0.717, 1.165) is 11.1 Å². The van der Waals surface area contributed by atoms with Gasteiger partial charge in [-0.3, -0.25) is 0 Å². The second kappa shape index (κ2) is 5.97. The second-order valence-electron chi connectivity index (χ2n) is 3.94. The minimum atomic E-state index is -0.312. The van der Waals surface area contributed by atoms with Crippen LogP contribution in [0.1, 0.15) is 17.3 Å². The Hall–Kier alpha value is -2.40. The lowest BCUT2D eigenvalue weighted by Crippen LogP contribution is -2.17. The Kier molecular flexibility index (Phi) is 4.10. The third kappa shape index (κ3) is 3.08. The number of anilines is 1. The molecule has 0 fully saturated rings. The highest BCUT2D eigenvalue weighted by Gasteiger charge is 2.08. The van der Waals surface area contributed by atoms with Gasteiger partial charge in [0.15, 0.2) is 0 Å². The van der Waals surface area contributed by atoms with Crippen molar-refractivity contribution in [2.75, 3.05) is 12.0 Å². The number of aromatic amines is 1. The van der Waals surface area contributed by atoms with Gasteiger partial charge in [-0.15, -0.1) is 0 Å². The molecule has 2 rings (SSSR count). The third-order valence-corrected chi connectivity index (χ3v) is 2.68. The van der Waals surface area contributed by atoms with Crippen molar-refractivity contribution in [1.29, 1.82) is 0 Å². The van der Waals surface area contributed by atoms with Crippen LogP contribution in [0.2, 0.25) is 0 Å². The van der Waals surface area contributed by atoms with Crippen molar-refractivity contribution >= 4 is 11.8 Å². The van der Waals surface area contributed by atoms with Crippen LogP contribution in [-0.4, -0.2) is 12.6 Å². The van der Waals surface area contributed by atoms with Gasteiger partial charge in [-0.05, 0) is 30.7 Å². The van der Waals surface area contributed by atoms with Gasteiger partial charge < -0.3 is 4.74 Å². The van der Waals surface area contributed by atoms with Crippen LogP contribution < -0.4 is 16.3 Å². The molecule has 0 aliphatic rings. The van der Waals surface area contributed by atoms with E-state index >= 15 is 0 Å². The summed E-state index contributed by atoms with van der Waals surface area (Å²) in [5, 5.41) is 0. The van der Waals surface area contributed by atoms with E-state index in [9.17, 15) is 4.79 Å². The average molecular weight is 258 g/mol. The number of carbonyl (C=O) groups excluding carboxylic acids is 1. The van der Waals surface area contributed by atoms with E-state index in [1.807, 2.05) is 30.5 Å². The maximum absolute atomic E-state index is 11.7. The Labute approximate surface area is 111 Å². The lowest BCUT2D eigenvalue weighted by Gasteiger charge is -2.04. The van der Waals surface area contributed by atoms with Crippen LogP contribution in [0, 0.1) is 0 Å². The number of ether oxygens (including phenoxy) is 1. The molecule has 0 atom stereocenters. The van der Waals surface area contributed by atoms with Gasteiger partial charge in [0.05, 0.1) is 18.4 Å². The molecule has 1 aromatic heterocycles. The number of hydrazine groups is 1. The number of nitrogens with two attached hydrogens (primary N) is 1. The Morgan fingerprint density at radius 2 is 2.16 bits per heavy atom. The molecule has 0 aliphatic carbocycles. The number of H-pyrrole nitrogens is 1. The number of aromatic nitrogens is 1. The van der Waals surface area contributed by atoms with Gasteiger partial charge in [0.1, 0.15) is 0 Å². The van der Waals surface area contributed by atoms with Crippen molar-refractivity contribution in [2.24, 2.45) is 5.84 Å². The average Bonchev–Trinajstić information content (AvgIpc) is 2.48. The van der Waals surface area contributed by atoms with E-state index in [1.165, 1.54) is 0 Å². The number of nitrogens with one attached hydrogen (secondary N) is 2. The quantitative estimate of drug-likeness (QED) is 0.496. The van der Waals surface area contributed by atoms with E-state index in [0.29, 0.717) is 18.0 Å². The van der Waals surface area contributed by atoms with Crippen molar-refractivity contribution in [3.8, 4) is 11.1 Å². The van der Waals surface area contributed by atoms with Gasteiger partial charge in [-0.25, -0.2) is 9.78 Å². The van der Waals surface area contributed by atoms with Crippen molar-refractivity contribution in [2.45, 2.75) is 6.92 Å². The first-order valence-corrected chi connectivity index (χ1v) is 6.00. The van der Waals surface area contributed by atoms with Gasteiger partial charge >= 0.3 is 5.97 Å². The first kappa shape index (κ1) is 13.0. The molecule has 5 nitrogen and oxygen atoms in total. The fraction of sp³-hybridized carbons (Fsp3) is 0.143. The summed E-state index contributed by atoms with van der Waals surface area (Å²) in [5.74, 6) is 5.70. The van der Waals surface area contributed by atoms with Crippen LogP contribution in [0.3, 0.4) is 0 Å². The summed E-state index contributed by atoms with van der Waals surface area (Å²) >= 11 is 0. The summed E-state index contributed by atoms with van der Waals surface area (Å²) in [4.78, 5) is 14.7. The molecule has 0 spiro atoms. The molecule has 0 aliphatic heterocycles. The van der Waals surface area contributed by atoms with Crippen LogP contribution in [0.25, 0.3) is 11.1 Å². The van der Waals surface area contributed by atoms with Crippen LogP contribution in [0.4, 0.5) is 5.82 Å². The molecule has 0 saturated heterocycles. The minimum Gasteiger partial charge on any atom is -0.462 e. The highest BCUT2D eigenvalue weighted by molar-refractivity contribution is 5.91. The number of benzene rings is 1. The summed E-state index contributed by atoms with van der Waals surface area (Å²) in [6, 6.07) is 11.0. The molecule has 1 heterocycles. The fourth-order valence-corrected chi connectivity index (χ4v) is 1.73. The van der Waals surface area contributed by atoms with E-state index < -0.39 is 0 Å². The molecule has 0 amide bonds. The molecular weight excluding hydrogens is 242 g/mol. The van der Waals surface area contributed by atoms with Crippen molar-refractivity contribution in [3.63, 3.8) is 0 Å². The number of hydrogen-bond donors (Lipinski definition) is 2. The number of rotatable bonds is 4. The highest BCUT2D eigenvalue weighted by Crippen LogP contribution is 2.19. The van der Waals surface area contributed by atoms with Crippen LogP contribution in [0.15, 0.2) is 42.6 Å². The summed E-state index contributed by atoms with van der Waals surface area (Å²) in [6.07, 6.45) is 1.82. The number of carbonyl (C=O) groups is 1. The van der Waals surface area contributed by atoms with Crippen LogP contribution in [0.5, 0.6) is 0 Å². The lowest BCUT2D eigenvalue weighted by molar-refractivity contribution is -0.360. The molecule has 19 heavy (non-hydrogen) atoms. The SMILES string of the molecule is CCOC(=O)c1cccc(-c2ccc(NN)[nH+]c2)c1. The number of pyridine rings is 1. The van der Waals surface area contributed by atoms with Crippen molar-refractivity contribution in [3.05, 3.63) is 48.2 Å². The molecule has 4 N–H and O–H groups in total. The van der Waals surface area contributed by atoms with E-state index in [2.05, 4.69) is 10.4 Å². The Morgan fingerprint density at radius 3 is 2.79 bits per heavy atom. The second-order valence-corrected chi connectivity index (χ2v) is 3.94. The Morgan fingerprint density at radius 1 is 1.32 bits per heavy atom. The summed E-state index contributed by atoms with van der Waals surface area (Å²) in [7, 11) is 0. The Balaban J connectivity index is 2.29. The number of esters is 1. The molecule has 0 radical (unpaired) electrons. The maximum atomic E-state index is 11.7. The van der Waals surface area contributed by atoms with Crippen LogP contribution in [-0.2, 0) is 4.74 Å². The molecule has 0 unspecified atom stereocenters. The number of nitrogen functional groups attached to an aromatic ring is 1. The third-order valence-electron chi connectivity index (χ3n) is 2.68. The van der Waals surface area contributed by atoms with Gasteiger partial charge in [0.2, 0.25) is 0 Å². The molecule has 2 aromatic rings. The fourth-order valence-electron chi connectivity index (χ4n) is 1.73. The predicted octanol–water partition coefficient (Wildman–Crippen LogP) is 1.63. The molecule has 0 bridgehead atoms. The molecule has 1 aromatic carbocycles. The lowest BCUT2D eigenvalue weighted by atomic mass is 10.0. The largest absolute Gasteiger partial charge is 0.462 e. The molecule has 5 heteroatoms. The topological polar surface area (TPSA) is 78.5 Å². The van der Waals surface area contributed by atoms with E-state index in [4.69, 9.17) is 10.6 Å².